The molecule has 5 heteroatoms. The molecule has 0 aromatic heterocycles. The van der Waals surface area contributed by atoms with E-state index in [1.54, 1.807) is 0 Å². The maximum atomic E-state index is 13.8. The Hall–Kier alpha value is -0.810. The van der Waals surface area contributed by atoms with Crippen molar-refractivity contribution < 1.29 is 13.0 Å². The minimum atomic E-state index is -1.40. The molecule has 2 nitrogen and oxygen atoms in total. The number of hydrogen-bond acceptors (Lipinski definition) is 2. The summed E-state index contributed by atoms with van der Waals surface area (Å²) in [5.74, 6) is -1.32. The van der Waals surface area contributed by atoms with E-state index in [0.29, 0.717) is 12.0 Å². The molecule has 0 amide bonds. The highest BCUT2D eigenvalue weighted by Gasteiger charge is 2.33. The minimum Gasteiger partial charge on any atom is -0.308 e. The normalized spacial score (nSPS) is 27.3. The van der Waals surface area contributed by atoms with Crippen molar-refractivity contribution in [2.24, 2.45) is 0 Å². The van der Waals surface area contributed by atoms with E-state index in [0.717, 1.165) is 6.07 Å². The maximum Gasteiger partial charge on any atom is 0.142 e. The van der Waals surface area contributed by atoms with Crippen LogP contribution in [0.5, 0.6) is 0 Å². The Balaban J connectivity index is 2.52. The van der Waals surface area contributed by atoms with Crippen LogP contribution in [0.25, 0.3) is 0 Å². The summed E-state index contributed by atoms with van der Waals surface area (Å²) in [6.07, 6.45) is 0.626. The number of benzene rings is 1. The van der Waals surface area contributed by atoms with Gasteiger partial charge in [-0.3, -0.25) is 4.21 Å². The first kappa shape index (κ1) is 13.6. The lowest BCUT2D eigenvalue weighted by molar-refractivity contribution is 0.425. The summed E-state index contributed by atoms with van der Waals surface area (Å²) in [6.45, 7) is 5.79. The van der Waals surface area contributed by atoms with Crippen molar-refractivity contribution in [2.75, 3.05) is 0 Å². The van der Waals surface area contributed by atoms with Crippen molar-refractivity contribution >= 4 is 10.8 Å². The van der Waals surface area contributed by atoms with E-state index < -0.39 is 22.4 Å². The lowest BCUT2D eigenvalue weighted by Gasteiger charge is -2.31. The van der Waals surface area contributed by atoms with Gasteiger partial charge in [0, 0.05) is 23.4 Å². The Bertz CT molecular complexity index is 490. The highest BCUT2D eigenvalue weighted by Crippen LogP contribution is 2.36. The molecule has 100 valence electrons. The van der Waals surface area contributed by atoms with Crippen molar-refractivity contribution in [3.05, 3.63) is 29.3 Å². The van der Waals surface area contributed by atoms with E-state index >= 15 is 0 Å². The van der Waals surface area contributed by atoms with E-state index in [1.807, 2.05) is 20.8 Å². The Morgan fingerprint density at radius 2 is 2.06 bits per heavy atom. The summed E-state index contributed by atoms with van der Waals surface area (Å²) in [7, 11) is -1.40. The van der Waals surface area contributed by atoms with Gasteiger partial charge in [0.15, 0.2) is 0 Å². The van der Waals surface area contributed by atoms with Crippen molar-refractivity contribution in [1.82, 2.24) is 5.32 Å². The molecule has 1 aliphatic heterocycles. The standard InChI is InChI=1S/C13H17F2NOS/c1-7(2)16-12-4-8(3)18(17)13-10(12)5-9(14)6-11(13)15/h5-8,12,16H,4H2,1-3H3. The fourth-order valence-electron chi connectivity index (χ4n) is 2.36. The molecule has 1 aromatic carbocycles. The monoisotopic (exact) mass is 273 g/mol. The Labute approximate surface area is 108 Å². The third kappa shape index (κ3) is 2.47. The molecule has 0 spiro atoms. The number of fused-ring (bicyclic) bond motifs is 1. The zero-order valence-electron chi connectivity index (χ0n) is 10.7. The van der Waals surface area contributed by atoms with Crippen LogP contribution in [-0.4, -0.2) is 15.5 Å². The van der Waals surface area contributed by atoms with Gasteiger partial charge in [0.25, 0.3) is 0 Å². The van der Waals surface area contributed by atoms with Crippen LogP contribution in [0.3, 0.4) is 0 Å². The van der Waals surface area contributed by atoms with Crippen LogP contribution in [0.15, 0.2) is 17.0 Å². The van der Waals surface area contributed by atoms with Crippen LogP contribution in [0.2, 0.25) is 0 Å². The molecule has 0 fully saturated rings. The lowest BCUT2D eigenvalue weighted by Crippen LogP contribution is -2.36. The lowest BCUT2D eigenvalue weighted by atomic mass is 10.00. The molecular weight excluding hydrogens is 256 g/mol. The highest BCUT2D eigenvalue weighted by molar-refractivity contribution is 7.85. The number of halogens is 2. The molecule has 0 radical (unpaired) electrons. The van der Waals surface area contributed by atoms with Crippen LogP contribution in [0.4, 0.5) is 8.78 Å². The predicted molar refractivity (Wildman–Crippen MR) is 67.9 cm³/mol. The molecule has 3 unspecified atom stereocenters. The van der Waals surface area contributed by atoms with Gasteiger partial charge in [0.1, 0.15) is 11.6 Å². The Morgan fingerprint density at radius 1 is 1.39 bits per heavy atom. The first-order valence-electron chi connectivity index (χ1n) is 6.05. The molecule has 1 aromatic rings. The topological polar surface area (TPSA) is 29.1 Å². The van der Waals surface area contributed by atoms with Gasteiger partial charge in [-0.15, -0.1) is 0 Å². The van der Waals surface area contributed by atoms with E-state index in [-0.39, 0.29) is 22.2 Å². The molecule has 0 aliphatic carbocycles. The molecule has 1 N–H and O–H groups in total. The Morgan fingerprint density at radius 3 is 2.67 bits per heavy atom. The Kier molecular flexibility index (Phi) is 3.82. The number of nitrogens with one attached hydrogen (secondary N) is 1. The van der Waals surface area contributed by atoms with E-state index in [2.05, 4.69) is 5.32 Å². The van der Waals surface area contributed by atoms with Crippen LogP contribution < -0.4 is 5.32 Å². The van der Waals surface area contributed by atoms with Crippen molar-refractivity contribution in [3.8, 4) is 0 Å². The first-order chi connectivity index (χ1) is 8.40. The van der Waals surface area contributed by atoms with Gasteiger partial charge in [-0.25, -0.2) is 8.78 Å². The summed E-state index contributed by atoms with van der Waals surface area (Å²) in [5, 5.41) is 3.14. The summed E-state index contributed by atoms with van der Waals surface area (Å²) in [5.41, 5.74) is 0.498. The quantitative estimate of drug-likeness (QED) is 0.897. The molecule has 1 aliphatic rings. The summed E-state index contributed by atoms with van der Waals surface area (Å²) in [4.78, 5) is 0.160. The molecule has 2 rings (SSSR count). The molecule has 18 heavy (non-hydrogen) atoms. The average molecular weight is 273 g/mol. The molecule has 3 atom stereocenters. The van der Waals surface area contributed by atoms with Gasteiger partial charge in [-0.2, -0.15) is 0 Å². The zero-order valence-corrected chi connectivity index (χ0v) is 11.5. The summed E-state index contributed by atoms with van der Waals surface area (Å²) < 4.78 is 39.2. The van der Waals surface area contributed by atoms with Gasteiger partial charge < -0.3 is 5.32 Å². The third-order valence-corrected chi connectivity index (χ3v) is 4.84. The second-order valence-electron chi connectivity index (χ2n) is 5.02. The zero-order chi connectivity index (χ0) is 13.4. The van der Waals surface area contributed by atoms with E-state index in [4.69, 9.17) is 0 Å². The van der Waals surface area contributed by atoms with Crippen LogP contribution >= 0.6 is 0 Å². The fraction of sp³-hybridized carbons (Fsp3) is 0.538. The van der Waals surface area contributed by atoms with Crippen LogP contribution in [-0.2, 0) is 10.8 Å². The first-order valence-corrected chi connectivity index (χ1v) is 7.27. The smallest absolute Gasteiger partial charge is 0.142 e. The SMILES string of the molecule is CC(C)NC1CC(C)S(=O)c2c(F)cc(F)cc21. The van der Waals surface area contributed by atoms with Gasteiger partial charge >= 0.3 is 0 Å². The largest absolute Gasteiger partial charge is 0.308 e. The molecule has 1 heterocycles. The van der Waals surface area contributed by atoms with Gasteiger partial charge in [0.2, 0.25) is 0 Å². The van der Waals surface area contributed by atoms with Gasteiger partial charge in [-0.05, 0) is 18.1 Å². The molecule has 0 bridgehead atoms. The second-order valence-corrected chi connectivity index (χ2v) is 6.83. The van der Waals surface area contributed by atoms with Crippen molar-refractivity contribution in [1.29, 1.82) is 0 Å². The summed E-state index contributed by atoms with van der Waals surface area (Å²) in [6, 6.07) is 2.16. The minimum absolute atomic E-state index is 0.131. The molecular formula is C13H17F2NOS. The van der Waals surface area contributed by atoms with Crippen LogP contribution in [0.1, 0.15) is 38.8 Å². The molecule has 0 saturated carbocycles. The number of rotatable bonds is 2. The van der Waals surface area contributed by atoms with Crippen molar-refractivity contribution in [2.45, 2.75) is 49.4 Å². The fourth-order valence-corrected chi connectivity index (χ4v) is 3.81. The highest BCUT2D eigenvalue weighted by atomic mass is 32.2. The van der Waals surface area contributed by atoms with E-state index in [1.165, 1.54) is 6.07 Å². The summed E-state index contributed by atoms with van der Waals surface area (Å²) >= 11 is 0. The molecule has 0 saturated heterocycles. The average Bonchev–Trinajstić information content (AvgIpc) is 2.24. The van der Waals surface area contributed by atoms with E-state index in [9.17, 15) is 13.0 Å². The maximum absolute atomic E-state index is 13.8. The van der Waals surface area contributed by atoms with Crippen LogP contribution in [0, 0.1) is 11.6 Å². The number of hydrogen-bond donors (Lipinski definition) is 1. The van der Waals surface area contributed by atoms with Gasteiger partial charge in [0.05, 0.1) is 15.7 Å². The van der Waals surface area contributed by atoms with Gasteiger partial charge in [-0.1, -0.05) is 20.8 Å². The van der Waals surface area contributed by atoms with Crippen molar-refractivity contribution in [3.63, 3.8) is 0 Å². The third-order valence-electron chi connectivity index (χ3n) is 3.08. The predicted octanol–water partition coefficient (Wildman–Crippen LogP) is 2.90. The second kappa shape index (κ2) is 5.05.